The molecule has 0 aromatic carbocycles. The number of rotatable bonds is 8. The average molecular weight is 767 g/mol. The summed E-state index contributed by atoms with van der Waals surface area (Å²) in [7, 11) is 0. The van der Waals surface area contributed by atoms with Crippen molar-refractivity contribution in [2.75, 3.05) is 0 Å². The van der Waals surface area contributed by atoms with Gasteiger partial charge in [-0.2, -0.15) is 0 Å². The van der Waals surface area contributed by atoms with Crippen LogP contribution in [-0.4, -0.2) is 100.0 Å². The molecule has 2 fully saturated rings. The van der Waals surface area contributed by atoms with Crippen molar-refractivity contribution in [1.29, 1.82) is 0 Å². The molecule has 10 unspecified atom stereocenters. The fourth-order valence-electron chi connectivity index (χ4n) is 7.73. The molecule has 0 aromatic heterocycles. The van der Waals surface area contributed by atoms with E-state index in [4.69, 9.17) is 33.2 Å². The van der Waals surface area contributed by atoms with E-state index < -0.39 is 143 Å². The molecule has 0 spiro atoms. The molecule has 0 aromatic rings. The van der Waals surface area contributed by atoms with E-state index in [2.05, 4.69) is 0 Å². The number of aliphatic hydroxyl groups excluding tert-OH is 1. The Bertz CT molecular complexity index is 1560. The van der Waals surface area contributed by atoms with Gasteiger partial charge >= 0.3 is 41.8 Å². The molecule has 1 N–H and O–H groups in total. The van der Waals surface area contributed by atoms with Crippen molar-refractivity contribution >= 4 is 47.6 Å². The molecule has 302 valence electrons. The molecular weight excluding hydrogens is 712 g/mol. The topological polar surface area (TPSA) is 221 Å². The zero-order valence-corrected chi connectivity index (χ0v) is 33.0. The molecule has 2 aliphatic carbocycles. The number of carbonyl (C=O) groups is 8. The van der Waals surface area contributed by atoms with Crippen molar-refractivity contribution in [2.24, 2.45) is 29.1 Å². The summed E-state index contributed by atoms with van der Waals surface area (Å²) in [5, 5.41) is 12.4. The maximum Gasteiger partial charge on any atom is 0.309 e. The molecule has 1 heterocycles. The van der Waals surface area contributed by atoms with Crippen LogP contribution in [-0.2, 0) is 71.5 Å². The number of hydrogen-bond acceptors (Lipinski definition) is 16. The van der Waals surface area contributed by atoms with Gasteiger partial charge in [-0.15, -0.1) is 0 Å². The fourth-order valence-corrected chi connectivity index (χ4v) is 7.73. The molecule has 10 atom stereocenters. The Balaban J connectivity index is 2.72. The summed E-state index contributed by atoms with van der Waals surface area (Å²) in [6.45, 7) is 16.1. The lowest BCUT2D eigenvalue weighted by Crippen LogP contribution is -2.72. The van der Waals surface area contributed by atoms with Crippen LogP contribution < -0.4 is 0 Å². The predicted molar refractivity (Wildman–Crippen MR) is 184 cm³/mol. The lowest BCUT2D eigenvalue weighted by atomic mass is 9.66. The van der Waals surface area contributed by atoms with Crippen molar-refractivity contribution in [3.63, 3.8) is 0 Å². The molecule has 0 bridgehead atoms. The smallest absolute Gasteiger partial charge is 0.309 e. The first-order valence-corrected chi connectivity index (χ1v) is 18.0. The highest BCUT2D eigenvalue weighted by atomic mass is 16.7. The summed E-state index contributed by atoms with van der Waals surface area (Å²) in [6, 6.07) is 0. The molecule has 0 radical (unpaired) electrons. The van der Waals surface area contributed by atoms with Crippen LogP contribution in [0.3, 0.4) is 0 Å². The third kappa shape index (κ3) is 8.79. The molecule has 1 saturated carbocycles. The zero-order chi connectivity index (χ0) is 41.3. The maximum atomic E-state index is 15.0. The first-order valence-electron chi connectivity index (χ1n) is 18.0. The van der Waals surface area contributed by atoms with Crippen LogP contribution in [0.15, 0.2) is 12.2 Å². The molecule has 0 amide bonds. The van der Waals surface area contributed by atoms with E-state index in [0.717, 1.165) is 27.7 Å². The van der Waals surface area contributed by atoms with Gasteiger partial charge in [0.2, 0.25) is 0 Å². The number of hydrogen-bond donors (Lipinski definition) is 1. The number of esters is 7. The lowest BCUT2D eigenvalue weighted by Gasteiger charge is -2.53. The van der Waals surface area contributed by atoms with E-state index in [-0.39, 0.29) is 0 Å². The molecule has 16 nitrogen and oxygen atoms in total. The highest BCUT2D eigenvalue weighted by molar-refractivity contribution is 5.94. The Morgan fingerprint density at radius 2 is 1.33 bits per heavy atom. The van der Waals surface area contributed by atoms with Crippen LogP contribution in [0.4, 0.5) is 0 Å². The van der Waals surface area contributed by atoms with Gasteiger partial charge in [0.25, 0.3) is 0 Å². The normalized spacial score (nSPS) is 34.9. The summed E-state index contributed by atoms with van der Waals surface area (Å²) < 4.78 is 41.8. The van der Waals surface area contributed by atoms with Crippen LogP contribution in [0.2, 0.25) is 0 Å². The van der Waals surface area contributed by atoms with Gasteiger partial charge in [0.15, 0.2) is 41.4 Å². The van der Waals surface area contributed by atoms with E-state index in [9.17, 15) is 43.5 Å². The van der Waals surface area contributed by atoms with Crippen molar-refractivity contribution in [3.8, 4) is 0 Å². The maximum absolute atomic E-state index is 15.0. The second kappa shape index (κ2) is 16.2. The molecule has 1 aliphatic heterocycles. The van der Waals surface area contributed by atoms with Gasteiger partial charge in [0.05, 0.1) is 17.8 Å². The van der Waals surface area contributed by atoms with Gasteiger partial charge in [0.1, 0.15) is 11.7 Å². The van der Waals surface area contributed by atoms with E-state index in [1.54, 1.807) is 13.8 Å². The Morgan fingerprint density at radius 3 is 1.83 bits per heavy atom. The van der Waals surface area contributed by atoms with E-state index in [1.807, 2.05) is 0 Å². The number of ketones is 1. The average Bonchev–Trinajstić information content (AvgIpc) is 3.24. The summed E-state index contributed by atoms with van der Waals surface area (Å²) in [5.41, 5.74) is -8.30. The van der Waals surface area contributed by atoms with Crippen LogP contribution in [0.5, 0.6) is 0 Å². The van der Waals surface area contributed by atoms with Gasteiger partial charge in [-0.25, -0.2) is 0 Å². The zero-order valence-electron chi connectivity index (χ0n) is 33.0. The third-order valence-corrected chi connectivity index (χ3v) is 10.1. The SMILES string of the molecule is CC(=O)OC1C(OC(C)=O)C(C)(C)C=CC(C)C(=O)C2(OC(C)=O)CC(C)(OC(C)=O)C(O)C2C2OC(=O)CCC2(OC(=O)C(C)C)C1OC(=O)C(C)C. The number of allylic oxidation sites excluding steroid dienone is 1. The number of ether oxygens (including phenoxy) is 7. The summed E-state index contributed by atoms with van der Waals surface area (Å²) in [4.78, 5) is 108. The largest absolute Gasteiger partial charge is 0.458 e. The molecular formula is C38H54O16. The predicted octanol–water partition coefficient (Wildman–Crippen LogP) is 2.87. The van der Waals surface area contributed by atoms with Crippen molar-refractivity contribution in [1.82, 2.24) is 0 Å². The van der Waals surface area contributed by atoms with Gasteiger partial charge in [-0.3, -0.25) is 38.4 Å². The van der Waals surface area contributed by atoms with Gasteiger partial charge in [0, 0.05) is 58.3 Å². The summed E-state index contributed by atoms with van der Waals surface area (Å²) in [6.07, 6.45) is -8.14. The highest BCUT2D eigenvalue weighted by Gasteiger charge is 2.75. The molecule has 1 saturated heterocycles. The minimum Gasteiger partial charge on any atom is -0.458 e. The van der Waals surface area contributed by atoms with Gasteiger partial charge < -0.3 is 38.3 Å². The minimum absolute atomic E-state index is 0.499. The minimum atomic E-state index is -2.47. The van der Waals surface area contributed by atoms with Crippen molar-refractivity contribution in [3.05, 3.63) is 12.2 Å². The first kappa shape index (κ1) is 44.1. The Labute approximate surface area is 314 Å². The van der Waals surface area contributed by atoms with Crippen LogP contribution in [0.25, 0.3) is 0 Å². The van der Waals surface area contributed by atoms with Crippen LogP contribution >= 0.6 is 0 Å². The Kier molecular flexibility index (Phi) is 13.2. The highest BCUT2D eigenvalue weighted by Crippen LogP contribution is 2.56. The second-order valence-corrected chi connectivity index (χ2v) is 15.9. The third-order valence-electron chi connectivity index (χ3n) is 10.1. The number of Topliss-reactive ketones (excluding diaryl/α,β-unsaturated/α-hetero) is 1. The van der Waals surface area contributed by atoms with Crippen molar-refractivity contribution < 1.29 is 76.6 Å². The molecule has 16 heteroatoms. The Morgan fingerprint density at radius 1 is 0.778 bits per heavy atom. The lowest BCUT2D eigenvalue weighted by molar-refractivity contribution is -0.273. The quantitative estimate of drug-likeness (QED) is 0.213. The van der Waals surface area contributed by atoms with Crippen molar-refractivity contribution in [2.45, 2.75) is 150 Å². The molecule has 3 rings (SSSR count). The number of aliphatic hydroxyl groups is 1. The molecule has 54 heavy (non-hydrogen) atoms. The summed E-state index contributed by atoms with van der Waals surface area (Å²) in [5.74, 6) is -12.1. The number of fused-ring (bicyclic) bond motifs is 3. The van der Waals surface area contributed by atoms with Gasteiger partial charge in [-0.05, 0) is 6.92 Å². The first-order chi connectivity index (χ1) is 24.7. The van der Waals surface area contributed by atoms with E-state index in [0.29, 0.717) is 0 Å². The van der Waals surface area contributed by atoms with Crippen LogP contribution in [0.1, 0.15) is 102 Å². The van der Waals surface area contributed by atoms with E-state index >= 15 is 0 Å². The van der Waals surface area contributed by atoms with Crippen LogP contribution in [0, 0.1) is 29.1 Å². The molecule has 3 aliphatic rings. The summed E-state index contributed by atoms with van der Waals surface area (Å²) >= 11 is 0. The number of carbonyl (C=O) groups excluding carboxylic acids is 8. The fraction of sp³-hybridized carbons (Fsp3) is 0.737. The second-order valence-electron chi connectivity index (χ2n) is 15.9. The Hall–Kier alpha value is -4.34. The monoisotopic (exact) mass is 766 g/mol. The van der Waals surface area contributed by atoms with Gasteiger partial charge in [-0.1, -0.05) is 60.6 Å². The standard InChI is InChI=1S/C38H54O16/c1-18(2)33(46)51-32-27(48-21(6)39)31(49-22(7)40)35(10,11)15-13-20(5)28(44)38(53-24(9)42)17-36(12,52-23(8)41)29(45)26(38)30-37(32,16-14-25(43)50-30)54-34(47)19(3)4/h13,15,18-20,26-27,29-32,45H,14,16-17H2,1-12H3. The van der Waals surface area contributed by atoms with E-state index in [1.165, 1.54) is 53.7 Å².